The number of halogens is 3. The fourth-order valence-corrected chi connectivity index (χ4v) is 6.73. The monoisotopic (exact) mass is 490 g/mol. The number of benzene rings is 2. The SMILES string of the molecule is COc1ccc2c(c1)[C@]1(SCCN1C(=O)C1CCCC1)C(=O)N2Cc1ccc(C(F)(F)F)cc1. The van der Waals surface area contributed by atoms with Crippen LogP contribution >= 0.6 is 11.8 Å². The Morgan fingerprint density at radius 1 is 1.15 bits per heavy atom. The number of alkyl halides is 3. The van der Waals surface area contributed by atoms with Crippen LogP contribution in [0.3, 0.4) is 0 Å². The fourth-order valence-electron chi connectivity index (χ4n) is 5.27. The number of ether oxygens (including phenoxy) is 1. The zero-order chi connectivity index (χ0) is 24.1. The highest BCUT2D eigenvalue weighted by Gasteiger charge is 2.60. The van der Waals surface area contributed by atoms with E-state index >= 15 is 0 Å². The van der Waals surface area contributed by atoms with Gasteiger partial charge in [-0.2, -0.15) is 13.2 Å². The van der Waals surface area contributed by atoms with Crippen molar-refractivity contribution in [3.8, 4) is 5.75 Å². The van der Waals surface area contributed by atoms with Gasteiger partial charge in [-0.05, 0) is 48.7 Å². The van der Waals surface area contributed by atoms with Crippen LogP contribution in [0.15, 0.2) is 42.5 Å². The number of carbonyl (C=O) groups is 2. The molecule has 0 unspecified atom stereocenters. The lowest BCUT2D eigenvalue weighted by molar-refractivity contribution is -0.143. The van der Waals surface area contributed by atoms with E-state index in [1.54, 1.807) is 29.0 Å². The first-order valence-electron chi connectivity index (χ1n) is 11.4. The van der Waals surface area contributed by atoms with Gasteiger partial charge in [0.15, 0.2) is 4.87 Å². The van der Waals surface area contributed by atoms with Crippen molar-refractivity contribution in [1.29, 1.82) is 0 Å². The van der Waals surface area contributed by atoms with Crippen LogP contribution in [0.25, 0.3) is 0 Å². The summed E-state index contributed by atoms with van der Waals surface area (Å²) in [5.74, 6) is 0.935. The van der Waals surface area contributed by atoms with Crippen LogP contribution in [-0.2, 0) is 27.2 Å². The second-order valence-corrected chi connectivity index (χ2v) is 10.2. The molecule has 2 amide bonds. The molecule has 2 aromatic carbocycles. The Bertz CT molecular complexity index is 1120. The molecule has 0 bridgehead atoms. The molecule has 1 saturated carbocycles. The van der Waals surface area contributed by atoms with Crippen molar-refractivity contribution in [2.24, 2.45) is 5.92 Å². The third kappa shape index (κ3) is 3.65. The van der Waals surface area contributed by atoms with Crippen LogP contribution in [0.4, 0.5) is 18.9 Å². The number of thioether (sulfide) groups is 1. The highest BCUT2D eigenvalue weighted by atomic mass is 32.2. The first-order chi connectivity index (χ1) is 16.3. The van der Waals surface area contributed by atoms with Gasteiger partial charge >= 0.3 is 6.18 Å². The van der Waals surface area contributed by atoms with Crippen LogP contribution < -0.4 is 9.64 Å². The van der Waals surface area contributed by atoms with Crippen LogP contribution in [0.2, 0.25) is 0 Å². The van der Waals surface area contributed by atoms with Gasteiger partial charge in [-0.3, -0.25) is 9.59 Å². The molecule has 2 heterocycles. The predicted molar refractivity (Wildman–Crippen MR) is 123 cm³/mol. The number of anilines is 1. The number of methoxy groups -OCH3 is 1. The predicted octanol–water partition coefficient (Wildman–Crippen LogP) is 5.18. The maximum atomic E-state index is 14.0. The number of fused-ring (bicyclic) bond motifs is 2. The number of hydrogen-bond acceptors (Lipinski definition) is 4. The van der Waals surface area contributed by atoms with E-state index in [0.717, 1.165) is 37.8 Å². The zero-order valence-corrected chi connectivity index (χ0v) is 19.5. The van der Waals surface area contributed by atoms with Crippen LogP contribution in [-0.4, -0.2) is 36.1 Å². The average molecular weight is 491 g/mol. The van der Waals surface area contributed by atoms with Gasteiger partial charge in [-0.15, -0.1) is 11.8 Å². The number of rotatable bonds is 4. The smallest absolute Gasteiger partial charge is 0.416 e. The number of amides is 2. The molecule has 34 heavy (non-hydrogen) atoms. The van der Waals surface area contributed by atoms with E-state index in [-0.39, 0.29) is 24.3 Å². The lowest BCUT2D eigenvalue weighted by Crippen LogP contribution is -2.51. The fraction of sp³-hybridized carbons (Fsp3) is 0.440. The third-order valence-electron chi connectivity index (χ3n) is 6.99. The quantitative estimate of drug-likeness (QED) is 0.593. The van der Waals surface area contributed by atoms with E-state index in [9.17, 15) is 22.8 Å². The Balaban J connectivity index is 1.53. The van der Waals surface area contributed by atoms with Gasteiger partial charge in [-0.25, -0.2) is 0 Å². The molecule has 0 N–H and O–H groups in total. The second kappa shape index (κ2) is 8.52. The Morgan fingerprint density at radius 3 is 2.50 bits per heavy atom. The molecular formula is C25H25F3N2O3S. The van der Waals surface area contributed by atoms with Crippen molar-refractivity contribution in [3.05, 3.63) is 59.2 Å². The molecule has 2 fully saturated rings. The van der Waals surface area contributed by atoms with Crippen molar-refractivity contribution >= 4 is 29.3 Å². The summed E-state index contributed by atoms with van der Waals surface area (Å²) < 4.78 is 44.4. The lowest BCUT2D eigenvalue weighted by Gasteiger charge is -2.35. The molecule has 180 valence electrons. The Labute approximate surface area is 200 Å². The van der Waals surface area contributed by atoms with E-state index in [0.29, 0.717) is 34.9 Å². The molecule has 5 rings (SSSR count). The summed E-state index contributed by atoms with van der Waals surface area (Å²) in [6.45, 7) is 0.598. The van der Waals surface area contributed by atoms with Crippen LogP contribution in [0, 0.1) is 5.92 Å². The maximum absolute atomic E-state index is 14.0. The average Bonchev–Trinajstić information content (AvgIpc) is 3.56. The largest absolute Gasteiger partial charge is 0.497 e. The van der Waals surface area contributed by atoms with E-state index < -0.39 is 16.6 Å². The minimum absolute atomic E-state index is 0.0148. The molecular weight excluding hydrogens is 465 g/mol. The number of carbonyl (C=O) groups excluding carboxylic acids is 2. The van der Waals surface area contributed by atoms with Gasteiger partial charge in [0.25, 0.3) is 5.91 Å². The molecule has 0 radical (unpaired) electrons. The third-order valence-corrected chi connectivity index (χ3v) is 8.41. The molecule has 3 aliphatic rings. The molecule has 0 aromatic heterocycles. The molecule has 9 heteroatoms. The summed E-state index contributed by atoms with van der Waals surface area (Å²) in [4.78, 5) is 29.7. The maximum Gasteiger partial charge on any atom is 0.416 e. The van der Waals surface area contributed by atoms with Gasteiger partial charge in [0.05, 0.1) is 24.9 Å². The van der Waals surface area contributed by atoms with E-state index in [1.807, 2.05) is 6.07 Å². The zero-order valence-electron chi connectivity index (χ0n) is 18.7. The number of hydrogen-bond donors (Lipinski definition) is 0. The summed E-state index contributed by atoms with van der Waals surface area (Å²) in [5.41, 5.74) is 1.21. The summed E-state index contributed by atoms with van der Waals surface area (Å²) in [6, 6.07) is 10.2. The molecule has 1 saturated heterocycles. The van der Waals surface area contributed by atoms with E-state index in [4.69, 9.17) is 4.74 Å². The molecule has 2 aromatic rings. The van der Waals surface area contributed by atoms with Gasteiger partial charge < -0.3 is 14.5 Å². The minimum atomic E-state index is -4.42. The molecule has 2 aliphatic heterocycles. The summed E-state index contributed by atoms with van der Waals surface area (Å²) >= 11 is 1.45. The molecule has 1 spiro atoms. The van der Waals surface area contributed by atoms with Crippen LogP contribution in [0.5, 0.6) is 5.75 Å². The van der Waals surface area contributed by atoms with E-state index in [1.165, 1.54) is 23.9 Å². The van der Waals surface area contributed by atoms with Crippen molar-refractivity contribution in [1.82, 2.24) is 4.90 Å². The highest BCUT2D eigenvalue weighted by molar-refractivity contribution is 8.01. The normalized spacial score (nSPS) is 22.6. The molecule has 5 nitrogen and oxygen atoms in total. The standard InChI is InChI=1S/C25H25F3N2O3S/c1-33-19-10-11-21-20(14-19)24(30(12-13-34-24)22(31)17-4-2-3-5-17)23(32)29(21)15-16-6-8-18(9-7-16)25(26,27)28/h6-11,14,17H,2-5,12-13,15H2,1H3/t24-/m0/s1. The molecule has 1 atom stereocenters. The summed E-state index contributed by atoms with van der Waals surface area (Å²) in [7, 11) is 1.55. The van der Waals surface area contributed by atoms with Gasteiger partial charge in [-0.1, -0.05) is 25.0 Å². The molecule has 1 aliphatic carbocycles. The second-order valence-electron chi connectivity index (χ2n) is 8.93. The first-order valence-corrected chi connectivity index (χ1v) is 12.4. The van der Waals surface area contributed by atoms with E-state index in [2.05, 4.69) is 0 Å². The highest BCUT2D eigenvalue weighted by Crippen LogP contribution is 2.56. The topological polar surface area (TPSA) is 49.9 Å². The van der Waals surface area contributed by atoms with Crippen LogP contribution in [0.1, 0.15) is 42.4 Å². The first kappa shape index (κ1) is 23.1. The lowest BCUT2D eigenvalue weighted by atomic mass is 10.0. The Morgan fingerprint density at radius 2 is 1.85 bits per heavy atom. The Hall–Kier alpha value is -2.68. The number of nitrogens with zero attached hydrogens (tertiary/aromatic N) is 2. The van der Waals surface area contributed by atoms with Gasteiger partial charge in [0.2, 0.25) is 5.91 Å². The summed E-state index contributed by atoms with van der Waals surface area (Å²) in [5, 5.41) is 0. The minimum Gasteiger partial charge on any atom is -0.497 e. The van der Waals surface area contributed by atoms with Crippen molar-refractivity contribution in [3.63, 3.8) is 0 Å². The van der Waals surface area contributed by atoms with Gasteiger partial charge in [0, 0.05) is 23.8 Å². The van der Waals surface area contributed by atoms with Crippen molar-refractivity contribution in [2.45, 2.75) is 43.3 Å². The summed E-state index contributed by atoms with van der Waals surface area (Å²) in [6.07, 6.45) is -0.711. The Kier molecular flexibility index (Phi) is 5.78. The van der Waals surface area contributed by atoms with Crippen molar-refractivity contribution in [2.75, 3.05) is 24.3 Å². The van der Waals surface area contributed by atoms with Crippen molar-refractivity contribution < 1.29 is 27.5 Å². The van der Waals surface area contributed by atoms with Gasteiger partial charge in [0.1, 0.15) is 5.75 Å².